The summed E-state index contributed by atoms with van der Waals surface area (Å²) in [6, 6.07) is 0. The third-order valence-electron chi connectivity index (χ3n) is 6.24. The molecule has 11 heteroatoms. The second-order valence-corrected chi connectivity index (χ2v) is 8.85. The first-order valence-electron chi connectivity index (χ1n) is 12.1. The SMILES string of the molecule is CCCCCCCCCCO[C@H]1OC(CO)[C@@H](OC2OC(CO)[C@@H](O)[C@H](O)[C@@H]2O)[C@@H](O)[C@H]1O. The summed E-state index contributed by atoms with van der Waals surface area (Å²) in [5, 5.41) is 69.9. The number of rotatable bonds is 14. The van der Waals surface area contributed by atoms with Crippen LogP contribution in [-0.4, -0.2) is 117 Å². The Balaban J connectivity index is 1.82. The molecule has 0 saturated carbocycles. The van der Waals surface area contributed by atoms with Crippen molar-refractivity contribution in [3.8, 4) is 0 Å². The summed E-state index contributed by atoms with van der Waals surface area (Å²) in [6.45, 7) is 1.28. The first kappa shape index (κ1) is 28.8. The number of hydrogen-bond acceptors (Lipinski definition) is 11. The molecule has 2 rings (SSSR count). The number of ether oxygens (including phenoxy) is 4. The zero-order valence-corrected chi connectivity index (χ0v) is 19.3. The average molecular weight is 483 g/mol. The van der Waals surface area contributed by atoms with Crippen LogP contribution < -0.4 is 0 Å². The minimum atomic E-state index is -1.69. The molecule has 11 nitrogen and oxygen atoms in total. The molecule has 0 spiro atoms. The molecule has 196 valence electrons. The van der Waals surface area contributed by atoms with Crippen molar-refractivity contribution >= 4 is 0 Å². The highest BCUT2D eigenvalue weighted by Gasteiger charge is 2.50. The van der Waals surface area contributed by atoms with Gasteiger partial charge < -0.3 is 54.7 Å². The molecule has 2 saturated heterocycles. The average Bonchev–Trinajstić information content (AvgIpc) is 2.82. The number of aliphatic hydroxyl groups is 7. The van der Waals surface area contributed by atoms with Crippen LogP contribution in [0.2, 0.25) is 0 Å². The monoisotopic (exact) mass is 482 g/mol. The van der Waals surface area contributed by atoms with Gasteiger partial charge in [-0.3, -0.25) is 0 Å². The van der Waals surface area contributed by atoms with Gasteiger partial charge in [0.25, 0.3) is 0 Å². The molecule has 2 aliphatic heterocycles. The first-order valence-corrected chi connectivity index (χ1v) is 12.1. The van der Waals surface area contributed by atoms with Crippen LogP contribution in [0.25, 0.3) is 0 Å². The van der Waals surface area contributed by atoms with Gasteiger partial charge in [-0.25, -0.2) is 0 Å². The summed E-state index contributed by atoms with van der Waals surface area (Å²) in [6.07, 6.45) is -5.35. The minimum absolute atomic E-state index is 0.319. The van der Waals surface area contributed by atoms with Gasteiger partial charge in [-0.1, -0.05) is 51.9 Å². The van der Waals surface area contributed by atoms with E-state index in [4.69, 9.17) is 18.9 Å². The highest BCUT2D eigenvalue weighted by atomic mass is 16.7. The van der Waals surface area contributed by atoms with E-state index in [1.165, 1.54) is 32.1 Å². The van der Waals surface area contributed by atoms with Gasteiger partial charge >= 0.3 is 0 Å². The molecular weight excluding hydrogens is 440 g/mol. The van der Waals surface area contributed by atoms with Crippen LogP contribution in [0.1, 0.15) is 58.3 Å². The maximum Gasteiger partial charge on any atom is 0.187 e. The van der Waals surface area contributed by atoms with Crippen molar-refractivity contribution in [3.63, 3.8) is 0 Å². The van der Waals surface area contributed by atoms with Crippen LogP contribution in [0.4, 0.5) is 0 Å². The van der Waals surface area contributed by atoms with E-state index in [-0.39, 0.29) is 0 Å². The molecule has 0 bridgehead atoms. The molecule has 0 aliphatic carbocycles. The molecule has 10 atom stereocenters. The van der Waals surface area contributed by atoms with Gasteiger partial charge in [0.05, 0.1) is 13.2 Å². The zero-order valence-electron chi connectivity index (χ0n) is 19.3. The van der Waals surface area contributed by atoms with Crippen molar-refractivity contribution in [3.05, 3.63) is 0 Å². The Labute approximate surface area is 194 Å². The third-order valence-corrected chi connectivity index (χ3v) is 6.24. The smallest absolute Gasteiger partial charge is 0.187 e. The Morgan fingerprint density at radius 3 is 1.76 bits per heavy atom. The van der Waals surface area contributed by atoms with Crippen LogP contribution >= 0.6 is 0 Å². The lowest BCUT2D eigenvalue weighted by atomic mass is 9.97. The van der Waals surface area contributed by atoms with Crippen LogP contribution in [0.3, 0.4) is 0 Å². The quantitative estimate of drug-likeness (QED) is 0.147. The first-order chi connectivity index (χ1) is 15.8. The number of aliphatic hydroxyl groups excluding tert-OH is 7. The molecule has 3 unspecified atom stereocenters. The van der Waals surface area contributed by atoms with Crippen molar-refractivity contribution in [2.75, 3.05) is 19.8 Å². The van der Waals surface area contributed by atoms with Crippen LogP contribution in [-0.2, 0) is 18.9 Å². The van der Waals surface area contributed by atoms with Crippen molar-refractivity contribution < 1.29 is 54.7 Å². The van der Waals surface area contributed by atoms with Gasteiger partial charge in [-0.15, -0.1) is 0 Å². The van der Waals surface area contributed by atoms with E-state index in [1.807, 2.05) is 0 Å². The Morgan fingerprint density at radius 1 is 0.606 bits per heavy atom. The van der Waals surface area contributed by atoms with Crippen LogP contribution in [0, 0.1) is 0 Å². The van der Waals surface area contributed by atoms with Gasteiger partial charge in [0, 0.05) is 6.61 Å². The van der Waals surface area contributed by atoms with Gasteiger partial charge in [0.2, 0.25) is 0 Å². The minimum Gasteiger partial charge on any atom is -0.394 e. The second-order valence-electron chi connectivity index (χ2n) is 8.85. The van der Waals surface area contributed by atoms with E-state index < -0.39 is 74.6 Å². The van der Waals surface area contributed by atoms with Gasteiger partial charge in [-0.05, 0) is 6.42 Å². The fraction of sp³-hybridized carbons (Fsp3) is 1.00. The molecular formula is C22H42O11. The van der Waals surface area contributed by atoms with Gasteiger partial charge in [-0.2, -0.15) is 0 Å². The Hall–Kier alpha value is -0.440. The molecule has 7 N–H and O–H groups in total. The van der Waals surface area contributed by atoms with Crippen molar-refractivity contribution in [2.24, 2.45) is 0 Å². The third kappa shape index (κ3) is 8.04. The van der Waals surface area contributed by atoms with E-state index in [0.717, 1.165) is 19.3 Å². The lowest BCUT2D eigenvalue weighted by molar-refractivity contribution is -0.359. The summed E-state index contributed by atoms with van der Waals surface area (Å²) < 4.78 is 22.0. The summed E-state index contributed by atoms with van der Waals surface area (Å²) in [5.74, 6) is 0. The molecule has 2 heterocycles. The molecule has 0 amide bonds. The fourth-order valence-electron chi connectivity index (χ4n) is 4.13. The van der Waals surface area contributed by atoms with Crippen LogP contribution in [0.15, 0.2) is 0 Å². The topological polar surface area (TPSA) is 179 Å². The van der Waals surface area contributed by atoms with Crippen molar-refractivity contribution in [1.29, 1.82) is 0 Å². The molecule has 0 aromatic rings. The molecule has 0 aromatic carbocycles. The Kier molecular flexibility index (Phi) is 13.0. The predicted molar refractivity (Wildman–Crippen MR) is 115 cm³/mol. The maximum atomic E-state index is 10.6. The lowest BCUT2D eigenvalue weighted by Gasteiger charge is -2.45. The zero-order chi connectivity index (χ0) is 24.4. The highest BCUT2D eigenvalue weighted by molar-refractivity contribution is 4.94. The molecule has 0 aromatic heterocycles. The number of unbranched alkanes of at least 4 members (excludes halogenated alkanes) is 7. The predicted octanol–water partition coefficient (Wildman–Crippen LogP) is -1.23. The Morgan fingerprint density at radius 2 is 1.15 bits per heavy atom. The van der Waals surface area contributed by atoms with E-state index >= 15 is 0 Å². The largest absolute Gasteiger partial charge is 0.394 e. The lowest BCUT2D eigenvalue weighted by Crippen LogP contribution is -2.64. The maximum absolute atomic E-state index is 10.6. The fourth-order valence-corrected chi connectivity index (χ4v) is 4.13. The summed E-state index contributed by atoms with van der Waals surface area (Å²) in [7, 11) is 0. The van der Waals surface area contributed by atoms with Crippen LogP contribution in [0.5, 0.6) is 0 Å². The second kappa shape index (κ2) is 14.8. The van der Waals surface area contributed by atoms with Crippen molar-refractivity contribution in [2.45, 2.75) is 120 Å². The summed E-state index contributed by atoms with van der Waals surface area (Å²) in [5.41, 5.74) is 0. The summed E-state index contributed by atoms with van der Waals surface area (Å²) in [4.78, 5) is 0. The van der Waals surface area contributed by atoms with Gasteiger partial charge in [0.15, 0.2) is 12.6 Å². The van der Waals surface area contributed by atoms with E-state index in [1.54, 1.807) is 0 Å². The molecule has 2 aliphatic rings. The standard InChI is InChI=1S/C22H42O11/c1-2-3-4-5-6-7-8-9-10-30-21-19(29)17(27)20(14(12-24)32-21)33-22-18(28)16(26)15(25)13(11-23)31-22/h13-29H,2-12H2,1H3/t13?,14?,15-,16+,17+,18+,19-,20-,21+,22?/m1/s1. The molecule has 0 radical (unpaired) electrons. The highest BCUT2D eigenvalue weighted by Crippen LogP contribution is 2.29. The van der Waals surface area contributed by atoms with E-state index in [0.29, 0.717) is 6.61 Å². The van der Waals surface area contributed by atoms with Crippen molar-refractivity contribution in [1.82, 2.24) is 0 Å². The van der Waals surface area contributed by atoms with Gasteiger partial charge in [0.1, 0.15) is 48.8 Å². The molecule has 33 heavy (non-hydrogen) atoms. The molecule has 2 fully saturated rings. The Bertz CT molecular complexity index is 521. The normalized spacial score (nSPS) is 39.6. The van der Waals surface area contributed by atoms with E-state index in [2.05, 4.69) is 6.92 Å². The number of hydrogen-bond donors (Lipinski definition) is 7. The summed E-state index contributed by atoms with van der Waals surface area (Å²) >= 11 is 0. The van der Waals surface area contributed by atoms with E-state index in [9.17, 15) is 35.7 Å².